The van der Waals surface area contributed by atoms with Crippen LogP contribution >= 0.6 is 11.6 Å². The van der Waals surface area contributed by atoms with Crippen LogP contribution in [-0.2, 0) is 4.79 Å². The summed E-state index contributed by atoms with van der Waals surface area (Å²) in [6.07, 6.45) is 0.977. The van der Waals surface area contributed by atoms with E-state index < -0.39 is 0 Å². The third-order valence-electron chi connectivity index (χ3n) is 2.46. The van der Waals surface area contributed by atoms with Gasteiger partial charge in [0.2, 0.25) is 5.91 Å². The molecular weight excluding hydrogens is 268 g/mol. The Hall–Kier alpha value is -1.46. The second-order valence-electron chi connectivity index (χ2n) is 3.91. The van der Waals surface area contributed by atoms with Crippen LogP contribution < -0.4 is 20.1 Å². The lowest BCUT2D eigenvalue weighted by Crippen LogP contribution is -2.28. The average Bonchev–Trinajstić information content (AvgIpc) is 2.40. The summed E-state index contributed by atoms with van der Waals surface area (Å²) in [7, 11) is 3.06. The first kappa shape index (κ1) is 15.6. The minimum absolute atomic E-state index is 0.150. The molecule has 0 unspecified atom stereocenters. The fraction of sp³-hybridized carbons (Fsp3) is 0.462. The molecule has 0 saturated carbocycles. The Morgan fingerprint density at radius 2 is 1.89 bits per heavy atom. The molecule has 0 aromatic heterocycles. The molecule has 0 heterocycles. The lowest BCUT2D eigenvalue weighted by Gasteiger charge is -2.12. The summed E-state index contributed by atoms with van der Waals surface area (Å²) in [6, 6.07) is 3.24. The molecule has 0 aliphatic heterocycles. The minimum atomic E-state index is -0.150. The summed E-state index contributed by atoms with van der Waals surface area (Å²) < 4.78 is 10.3. The topological polar surface area (TPSA) is 59.6 Å². The molecule has 19 heavy (non-hydrogen) atoms. The van der Waals surface area contributed by atoms with E-state index in [2.05, 4.69) is 10.6 Å². The molecule has 6 heteroatoms. The number of amides is 1. The Balaban J connectivity index is 2.75. The summed E-state index contributed by atoms with van der Waals surface area (Å²) in [5.74, 6) is 0.890. The van der Waals surface area contributed by atoms with Gasteiger partial charge in [-0.3, -0.25) is 4.79 Å². The van der Waals surface area contributed by atoms with Crippen molar-refractivity contribution in [3.63, 3.8) is 0 Å². The summed E-state index contributed by atoms with van der Waals surface area (Å²) in [6.45, 7) is 3.09. The number of rotatable bonds is 7. The Morgan fingerprint density at radius 1 is 1.26 bits per heavy atom. The van der Waals surface area contributed by atoms with E-state index in [9.17, 15) is 4.79 Å². The van der Waals surface area contributed by atoms with E-state index in [1.165, 1.54) is 14.2 Å². The van der Waals surface area contributed by atoms with Gasteiger partial charge < -0.3 is 20.1 Å². The molecule has 0 aliphatic rings. The largest absolute Gasteiger partial charge is 0.493 e. The quantitative estimate of drug-likeness (QED) is 0.755. The molecule has 1 rings (SSSR count). The van der Waals surface area contributed by atoms with Crippen molar-refractivity contribution in [2.75, 3.05) is 32.6 Å². The molecule has 5 nitrogen and oxygen atoms in total. The van der Waals surface area contributed by atoms with Gasteiger partial charge in [-0.05, 0) is 13.0 Å². The van der Waals surface area contributed by atoms with Crippen LogP contribution in [0.3, 0.4) is 0 Å². The third-order valence-corrected chi connectivity index (χ3v) is 2.77. The number of carbonyl (C=O) groups is 1. The maximum Gasteiger partial charge on any atom is 0.238 e. The van der Waals surface area contributed by atoms with E-state index >= 15 is 0 Å². The molecule has 1 aromatic carbocycles. The van der Waals surface area contributed by atoms with E-state index in [1.807, 2.05) is 6.92 Å². The van der Waals surface area contributed by atoms with E-state index in [4.69, 9.17) is 21.1 Å². The van der Waals surface area contributed by atoms with Crippen molar-refractivity contribution in [3.8, 4) is 11.5 Å². The van der Waals surface area contributed by atoms with Gasteiger partial charge in [0.25, 0.3) is 0 Å². The van der Waals surface area contributed by atoms with Gasteiger partial charge in [-0.1, -0.05) is 18.5 Å². The number of ether oxygens (including phenoxy) is 2. The lowest BCUT2D eigenvalue weighted by atomic mass is 10.2. The number of anilines is 1. The second kappa shape index (κ2) is 7.86. The number of hydrogen-bond donors (Lipinski definition) is 2. The van der Waals surface area contributed by atoms with Crippen LogP contribution in [0.1, 0.15) is 13.3 Å². The van der Waals surface area contributed by atoms with Crippen molar-refractivity contribution in [1.29, 1.82) is 0 Å². The molecule has 0 saturated heterocycles. The Labute approximate surface area is 118 Å². The van der Waals surface area contributed by atoms with Gasteiger partial charge in [0.05, 0.1) is 31.5 Å². The third kappa shape index (κ3) is 4.61. The smallest absolute Gasteiger partial charge is 0.238 e. The molecule has 106 valence electrons. The van der Waals surface area contributed by atoms with E-state index in [1.54, 1.807) is 12.1 Å². The number of benzene rings is 1. The fourth-order valence-corrected chi connectivity index (χ4v) is 1.72. The predicted molar refractivity (Wildman–Crippen MR) is 76.3 cm³/mol. The van der Waals surface area contributed by atoms with E-state index in [0.29, 0.717) is 22.2 Å². The van der Waals surface area contributed by atoms with Crippen LogP contribution in [0, 0.1) is 0 Å². The second-order valence-corrected chi connectivity index (χ2v) is 4.32. The van der Waals surface area contributed by atoms with Gasteiger partial charge >= 0.3 is 0 Å². The number of nitrogens with one attached hydrogen (secondary N) is 2. The van der Waals surface area contributed by atoms with Crippen LogP contribution in [0.2, 0.25) is 5.02 Å². The Morgan fingerprint density at radius 3 is 2.47 bits per heavy atom. The van der Waals surface area contributed by atoms with Crippen LogP contribution in [-0.4, -0.2) is 33.2 Å². The average molecular weight is 287 g/mol. The molecular formula is C13H19ClN2O3. The highest BCUT2D eigenvalue weighted by atomic mass is 35.5. The maximum atomic E-state index is 11.7. The lowest BCUT2D eigenvalue weighted by molar-refractivity contribution is -0.115. The van der Waals surface area contributed by atoms with Gasteiger partial charge in [-0.15, -0.1) is 0 Å². The fourth-order valence-electron chi connectivity index (χ4n) is 1.52. The summed E-state index contributed by atoms with van der Waals surface area (Å²) in [4.78, 5) is 11.7. The molecule has 0 radical (unpaired) electrons. The molecule has 2 N–H and O–H groups in total. The zero-order chi connectivity index (χ0) is 14.3. The summed E-state index contributed by atoms with van der Waals surface area (Å²) >= 11 is 6.07. The molecule has 0 fully saturated rings. The number of methoxy groups -OCH3 is 2. The van der Waals surface area contributed by atoms with Crippen molar-refractivity contribution in [2.24, 2.45) is 0 Å². The molecule has 0 aliphatic carbocycles. The normalized spacial score (nSPS) is 10.1. The van der Waals surface area contributed by atoms with Crippen molar-refractivity contribution >= 4 is 23.2 Å². The van der Waals surface area contributed by atoms with E-state index in [0.717, 1.165) is 13.0 Å². The zero-order valence-corrected chi connectivity index (χ0v) is 12.1. The Kier molecular flexibility index (Phi) is 6.45. The number of hydrogen-bond acceptors (Lipinski definition) is 4. The van der Waals surface area contributed by atoms with Gasteiger partial charge in [-0.25, -0.2) is 0 Å². The molecule has 0 spiro atoms. The standard InChI is InChI=1S/C13H19ClN2O3/c1-4-5-15-8-13(17)16-10-7-12(19-3)11(18-2)6-9(10)14/h6-7,15H,4-5,8H2,1-3H3,(H,16,17). The number of halogens is 1. The van der Waals surface area contributed by atoms with Gasteiger partial charge in [0.15, 0.2) is 11.5 Å². The van der Waals surface area contributed by atoms with Crippen molar-refractivity contribution < 1.29 is 14.3 Å². The first-order valence-electron chi connectivity index (χ1n) is 6.04. The first-order valence-corrected chi connectivity index (χ1v) is 6.42. The molecule has 0 atom stereocenters. The van der Waals surface area contributed by atoms with Gasteiger partial charge in [0, 0.05) is 12.1 Å². The van der Waals surface area contributed by atoms with Crippen molar-refractivity contribution in [2.45, 2.75) is 13.3 Å². The highest BCUT2D eigenvalue weighted by Gasteiger charge is 2.11. The molecule has 1 aromatic rings. The van der Waals surface area contributed by atoms with Crippen LogP contribution in [0.15, 0.2) is 12.1 Å². The molecule has 1 amide bonds. The van der Waals surface area contributed by atoms with Crippen LogP contribution in [0.5, 0.6) is 11.5 Å². The van der Waals surface area contributed by atoms with Crippen LogP contribution in [0.25, 0.3) is 0 Å². The van der Waals surface area contributed by atoms with Crippen LogP contribution in [0.4, 0.5) is 5.69 Å². The minimum Gasteiger partial charge on any atom is -0.493 e. The summed E-state index contributed by atoms with van der Waals surface area (Å²) in [5, 5.41) is 6.14. The summed E-state index contributed by atoms with van der Waals surface area (Å²) in [5.41, 5.74) is 0.502. The highest BCUT2D eigenvalue weighted by Crippen LogP contribution is 2.35. The molecule has 0 bridgehead atoms. The van der Waals surface area contributed by atoms with Crippen molar-refractivity contribution in [3.05, 3.63) is 17.2 Å². The zero-order valence-electron chi connectivity index (χ0n) is 11.4. The predicted octanol–water partition coefficient (Wildman–Crippen LogP) is 2.30. The first-order chi connectivity index (χ1) is 9.12. The number of carbonyl (C=O) groups excluding carboxylic acids is 1. The Bertz CT molecular complexity index is 438. The van der Waals surface area contributed by atoms with Gasteiger partial charge in [0.1, 0.15) is 0 Å². The highest BCUT2D eigenvalue weighted by molar-refractivity contribution is 6.34. The van der Waals surface area contributed by atoms with Gasteiger partial charge in [-0.2, -0.15) is 0 Å². The van der Waals surface area contributed by atoms with E-state index in [-0.39, 0.29) is 12.5 Å². The monoisotopic (exact) mass is 286 g/mol. The maximum absolute atomic E-state index is 11.7. The SMILES string of the molecule is CCCNCC(=O)Nc1cc(OC)c(OC)cc1Cl. The van der Waals surface area contributed by atoms with Crippen molar-refractivity contribution in [1.82, 2.24) is 5.32 Å².